The highest BCUT2D eigenvalue weighted by Crippen LogP contribution is 2.09. The maximum atomic E-state index is 12.1. The number of pyridine rings is 1. The first-order chi connectivity index (χ1) is 9.18. The van der Waals surface area contributed by atoms with E-state index in [0.29, 0.717) is 24.3 Å². The predicted octanol–water partition coefficient (Wildman–Crippen LogP) is 0.768. The minimum Gasteiger partial charge on any atom is -0.393 e. The summed E-state index contributed by atoms with van der Waals surface area (Å²) in [7, 11) is 0. The number of amides is 1. The van der Waals surface area contributed by atoms with Crippen molar-refractivity contribution in [3.63, 3.8) is 0 Å². The van der Waals surface area contributed by atoms with Gasteiger partial charge in [0.2, 0.25) is 0 Å². The second kappa shape index (κ2) is 6.10. The standard InChI is InChI=1S/C13H16N4O2/c1-10(18)5-8-15-13(19)11-4-2-6-14-12(11)17-9-3-7-16-17/h2-4,6-7,9-10,18H,5,8H2,1H3,(H,15,19). The van der Waals surface area contributed by atoms with Crippen LogP contribution in [0.2, 0.25) is 0 Å². The lowest BCUT2D eigenvalue weighted by Gasteiger charge is -2.09. The van der Waals surface area contributed by atoms with Crippen LogP contribution in [0.15, 0.2) is 36.8 Å². The molecule has 0 radical (unpaired) electrons. The average molecular weight is 260 g/mol. The van der Waals surface area contributed by atoms with E-state index in [4.69, 9.17) is 5.11 Å². The molecule has 0 aliphatic heterocycles. The molecule has 2 N–H and O–H groups in total. The maximum Gasteiger partial charge on any atom is 0.255 e. The normalized spacial score (nSPS) is 12.1. The molecule has 2 aromatic heterocycles. The molecule has 2 heterocycles. The molecule has 6 heteroatoms. The van der Waals surface area contributed by atoms with Gasteiger partial charge in [0.05, 0.1) is 11.7 Å². The first kappa shape index (κ1) is 13.2. The summed E-state index contributed by atoms with van der Waals surface area (Å²) in [6, 6.07) is 5.17. The molecule has 6 nitrogen and oxygen atoms in total. The van der Waals surface area contributed by atoms with E-state index in [1.165, 1.54) is 0 Å². The minimum atomic E-state index is -0.431. The monoisotopic (exact) mass is 260 g/mol. The van der Waals surface area contributed by atoms with Gasteiger partial charge in [0.1, 0.15) is 0 Å². The number of carbonyl (C=O) groups is 1. The number of nitrogens with zero attached hydrogens (tertiary/aromatic N) is 3. The number of aromatic nitrogens is 3. The number of aliphatic hydroxyl groups is 1. The van der Waals surface area contributed by atoms with Gasteiger partial charge in [-0.1, -0.05) is 0 Å². The van der Waals surface area contributed by atoms with Crippen LogP contribution in [0.4, 0.5) is 0 Å². The lowest BCUT2D eigenvalue weighted by atomic mass is 10.2. The highest BCUT2D eigenvalue weighted by atomic mass is 16.3. The van der Waals surface area contributed by atoms with E-state index in [9.17, 15) is 4.79 Å². The molecular weight excluding hydrogens is 244 g/mol. The largest absolute Gasteiger partial charge is 0.393 e. The zero-order chi connectivity index (χ0) is 13.7. The fourth-order valence-electron chi connectivity index (χ4n) is 1.64. The molecule has 1 unspecified atom stereocenters. The number of carbonyl (C=O) groups excluding carboxylic acids is 1. The Morgan fingerprint density at radius 1 is 1.47 bits per heavy atom. The summed E-state index contributed by atoms with van der Waals surface area (Å²) in [5.41, 5.74) is 0.455. The summed E-state index contributed by atoms with van der Waals surface area (Å²) in [6.07, 6.45) is 5.06. The zero-order valence-corrected chi connectivity index (χ0v) is 10.7. The van der Waals surface area contributed by atoms with Crippen LogP contribution in [0.25, 0.3) is 5.82 Å². The zero-order valence-electron chi connectivity index (χ0n) is 10.7. The Balaban J connectivity index is 2.14. The fraction of sp³-hybridized carbons (Fsp3) is 0.308. The Labute approximate surface area is 111 Å². The van der Waals surface area contributed by atoms with E-state index in [-0.39, 0.29) is 5.91 Å². The molecule has 0 spiro atoms. The Morgan fingerprint density at radius 2 is 2.32 bits per heavy atom. The number of aliphatic hydroxyl groups excluding tert-OH is 1. The van der Waals surface area contributed by atoms with Gasteiger partial charge in [0.25, 0.3) is 5.91 Å². The Hall–Kier alpha value is -2.21. The van der Waals surface area contributed by atoms with Crippen molar-refractivity contribution in [3.05, 3.63) is 42.4 Å². The van der Waals surface area contributed by atoms with Gasteiger partial charge in [-0.25, -0.2) is 9.67 Å². The van der Waals surface area contributed by atoms with Crippen LogP contribution in [-0.4, -0.2) is 38.4 Å². The van der Waals surface area contributed by atoms with E-state index in [2.05, 4.69) is 15.4 Å². The topological polar surface area (TPSA) is 80.0 Å². The highest BCUT2D eigenvalue weighted by molar-refractivity contribution is 5.97. The molecule has 0 aromatic carbocycles. The molecule has 1 atom stereocenters. The lowest BCUT2D eigenvalue weighted by Crippen LogP contribution is -2.27. The Bertz CT molecular complexity index is 537. The molecular formula is C13H16N4O2. The van der Waals surface area contributed by atoms with Crippen LogP contribution >= 0.6 is 0 Å². The average Bonchev–Trinajstić information content (AvgIpc) is 2.92. The van der Waals surface area contributed by atoms with Crippen LogP contribution in [0, 0.1) is 0 Å². The van der Waals surface area contributed by atoms with Gasteiger partial charge in [-0.15, -0.1) is 0 Å². The smallest absolute Gasteiger partial charge is 0.255 e. The van der Waals surface area contributed by atoms with Crippen LogP contribution in [0.1, 0.15) is 23.7 Å². The SMILES string of the molecule is CC(O)CCNC(=O)c1cccnc1-n1cccn1. The quantitative estimate of drug-likeness (QED) is 0.832. The fourth-order valence-corrected chi connectivity index (χ4v) is 1.64. The van der Waals surface area contributed by atoms with Crippen LogP contribution in [0.5, 0.6) is 0 Å². The Morgan fingerprint density at radius 3 is 3.00 bits per heavy atom. The molecule has 100 valence electrons. The number of hydrogen-bond donors (Lipinski definition) is 2. The summed E-state index contributed by atoms with van der Waals surface area (Å²) in [6.45, 7) is 2.11. The Kier molecular flexibility index (Phi) is 4.25. The van der Waals surface area contributed by atoms with E-state index < -0.39 is 6.10 Å². The van der Waals surface area contributed by atoms with Gasteiger partial charge < -0.3 is 10.4 Å². The van der Waals surface area contributed by atoms with Gasteiger partial charge >= 0.3 is 0 Å². The van der Waals surface area contributed by atoms with E-state index in [1.54, 1.807) is 48.4 Å². The van der Waals surface area contributed by atoms with Gasteiger partial charge in [0.15, 0.2) is 5.82 Å². The minimum absolute atomic E-state index is 0.223. The van der Waals surface area contributed by atoms with E-state index in [0.717, 1.165) is 0 Å². The van der Waals surface area contributed by atoms with E-state index >= 15 is 0 Å². The summed E-state index contributed by atoms with van der Waals surface area (Å²) >= 11 is 0. The summed E-state index contributed by atoms with van der Waals surface area (Å²) in [5, 5.41) is 16.0. The second-order valence-corrected chi connectivity index (χ2v) is 4.22. The number of rotatable bonds is 5. The third kappa shape index (κ3) is 3.38. The van der Waals surface area contributed by atoms with Crippen LogP contribution in [-0.2, 0) is 0 Å². The molecule has 2 rings (SSSR count). The van der Waals surface area contributed by atoms with Crippen LogP contribution < -0.4 is 5.32 Å². The van der Waals surface area contributed by atoms with Crippen molar-refractivity contribution < 1.29 is 9.90 Å². The van der Waals surface area contributed by atoms with Gasteiger partial charge in [-0.3, -0.25) is 4.79 Å². The maximum absolute atomic E-state index is 12.1. The van der Waals surface area contributed by atoms with Crippen molar-refractivity contribution in [2.75, 3.05) is 6.54 Å². The molecule has 0 aliphatic rings. The molecule has 1 amide bonds. The molecule has 2 aromatic rings. The van der Waals surface area contributed by atoms with Gasteiger partial charge in [-0.2, -0.15) is 5.10 Å². The van der Waals surface area contributed by atoms with Crippen molar-refractivity contribution in [2.24, 2.45) is 0 Å². The molecule has 0 saturated heterocycles. The molecule has 19 heavy (non-hydrogen) atoms. The van der Waals surface area contributed by atoms with E-state index in [1.807, 2.05) is 0 Å². The first-order valence-corrected chi connectivity index (χ1v) is 6.10. The summed E-state index contributed by atoms with van der Waals surface area (Å²) in [4.78, 5) is 16.2. The number of hydrogen-bond acceptors (Lipinski definition) is 4. The summed E-state index contributed by atoms with van der Waals surface area (Å²) in [5.74, 6) is 0.265. The van der Waals surface area contributed by atoms with Crippen LogP contribution in [0.3, 0.4) is 0 Å². The van der Waals surface area contributed by atoms with Crippen molar-refractivity contribution in [3.8, 4) is 5.82 Å². The third-order valence-corrected chi connectivity index (χ3v) is 2.60. The van der Waals surface area contributed by atoms with Crippen molar-refractivity contribution >= 4 is 5.91 Å². The van der Waals surface area contributed by atoms with Crippen molar-refractivity contribution in [1.82, 2.24) is 20.1 Å². The molecule has 0 bridgehead atoms. The second-order valence-electron chi connectivity index (χ2n) is 4.22. The van der Waals surface area contributed by atoms with Gasteiger partial charge in [0, 0.05) is 25.1 Å². The molecule has 0 fully saturated rings. The number of nitrogens with one attached hydrogen (secondary N) is 1. The van der Waals surface area contributed by atoms with Crippen molar-refractivity contribution in [1.29, 1.82) is 0 Å². The molecule has 0 aliphatic carbocycles. The third-order valence-electron chi connectivity index (χ3n) is 2.60. The highest BCUT2D eigenvalue weighted by Gasteiger charge is 2.13. The van der Waals surface area contributed by atoms with Crippen molar-refractivity contribution in [2.45, 2.75) is 19.4 Å². The molecule has 0 saturated carbocycles. The first-order valence-electron chi connectivity index (χ1n) is 6.10. The summed E-state index contributed by atoms with van der Waals surface area (Å²) < 4.78 is 1.55. The van der Waals surface area contributed by atoms with Gasteiger partial charge in [-0.05, 0) is 31.5 Å². The predicted molar refractivity (Wildman–Crippen MR) is 70.0 cm³/mol. The lowest BCUT2D eigenvalue weighted by molar-refractivity contribution is 0.0945.